The van der Waals surface area contributed by atoms with E-state index in [1.54, 1.807) is 0 Å². The lowest BCUT2D eigenvalue weighted by atomic mass is 10.1. The van der Waals surface area contributed by atoms with Gasteiger partial charge >= 0.3 is 5.82 Å². The molecule has 0 spiro atoms. The van der Waals surface area contributed by atoms with Crippen molar-refractivity contribution in [2.45, 2.75) is 19.9 Å². The van der Waals surface area contributed by atoms with E-state index in [9.17, 15) is 24.5 Å². The predicted octanol–water partition coefficient (Wildman–Crippen LogP) is 0.262. The zero-order valence-electron chi connectivity index (χ0n) is 11.2. The summed E-state index contributed by atoms with van der Waals surface area (Å²) in [5, 5.41) is 10.8. The Morgan fingerprint density at radius 2 is 2.00 bits per heavy atom. The molecule has 0 aliphatic carbocycles. The molecule has 1 aromatic heterocycles. The van der Waals surface area contributed by atoms with Gasteiger partial charge in [0, 0.05) is 6.07 Å². The Labute approximate surface area is 118 Å². The number of carbonyl (C=O) groups is 3. The molecule has 2 heterocycles. The van der Waals surface area contributed by atoms with Crippen molar-refractivity contribution in [2.75, 3.05) is 11.5 Å². The number of carbonyl (C=O) groups excluding carboxylic acids is 3. The van der Waals surface area contributed by atoms with E-state index in [2.05, 4.69) is 4.98 Å². The van der Waals surface area contributed by atoms with E-state index in [0.717, 1.165) is 24.8 Å². The number of rotatable bonds is 4. The minimum atomic E-state index is -1.37. The number of Topliss-reactive ketones (excluding diaryl/α,β-unsaturated/α-hetero) is 2. The quantitative estimate of drug-likeness (QED) is 0.443. The number of nitro groups is 1. The van der Waals surface area contributed by atoms with E-state index in [1.807, 2.05) is 0 Å². The second-order valence-corrected chi connectivity index (χ2v) is 4.42. The van der Waals surface area contributed by atoms with Crippen LogP contribution in [0.15, 0.2) is 12.1 Å². The lowest BCUT2D eigenvalue weighted by Gasteiger charge is -2.29. The molecule has 0 aromatic carbocycles. The third kappa shape index (κ3) is 2.57. The number of anilines is 1. The molecule has 0 saturated heterocycles. The van der Waals surface area contributed by atoms with Crippen molar-refractivity contribution in [2.24, 2.45) is 0 Å². The van der Waals surface area contributed by atoms with E-state index < -0.39 is 34.3 Å². The molecule has 21 heavy (non-hydrogen) atoms. The Morgan fingerprint density at radius 3 is 2.52 bits per heavy atom. The average Bonchev–Trinajstić information content (AvgIpc) is 2.40. The van der Waals surface area contributed by atoms with Crippen LogP contribution in [0.1, 0.15) is 13.8 Å². The lowest BCUT2D eigenvalue weighted by Crippen LogP contribution is -2.52. The van der Waals surface area contributed by atoms with E-state index in [0.29, 0.717) is 0 Å². The molecule has 0 unspecified atom stereocenters. The third-order valence-corrected chi connectivity index (χ3v) is 2.89. The molecule has 0 atom stereocenters. The van der Waals surface area contributed by atoms with Gasteiger partial charge in [-0.3, -0.25) is 19.3 Å². The van der Waals surface area contributed by atoms with E-state index in [-0.39, 0.29) is 18.2 Å². The van der Waals surface area contributed by atoms with Gasteiger partial charge in [0.05, 0.1) is 0 Å². The van der Waals surface area contributed by atoms with E-state index in [4.69, 9.17) is 4.74 Å². The second kappa shape index (κ2) is 5.27. The highest BCUT2D eigenvalue weighted by Crippen LogP contribution is 2.33. The van der Waals surface area contributed by atoms with Crippen LogP contribution in [0.2, 0.25) is 0 Å². The van der Waals surface area contributed by atoms with E-state index in [1.165, 1.54) is 6.07 Å². The van der Waals surface area contributed by atoms with Gasteiger partial charge in [-0.05, 0) is 29.8 Å². The molecule has 110 valence electrons. The molecule has 2 rings (SSSR count). The Morgan fingerprint density at radius 1 is 1.38 bits per heavy atom. The Hall–Kier alpha value is -2.84. The number of fused-ring (bicyclic) bond motifs is 1. The number of aromatic nitrogens is 1. The molecule has 9 nitrogen and oxygen atoms in total. The Kier molecular flexibility index (Phi) is 3.66. The van der Waals surface area contributed by atoms with Crippen LogP contribution >= 0.6 is 0 Å². The van der Waals surface area contributed by atoms with Crippen LogP contribution < -0.4 is 9.64 Å². The smallest absolute Gasteiger partial charge is 0.366 e. The van der Waals surface area contributed by atoms with Crippen LogP contribution in [0.3, 0.4) is 0 Å². The maximum atomic E-state index is 12.0. The van der Waals surface area contributed by atoms with Gasteiger partial charge in [0.1, 0.15) is 0 Å². The summed E-state index contributed by atoms with van der Waals surface area (Å²) in [7, 11) is 0. The monoisotopic (exact) mass is 293 g/mol. The van der Waals surface area contributed by atoms with Crippen molar-refractivity contribution >= 4 is 29.1 Å². The zero-order valence-corrected chi connectivity index (χ0v) is 11.2. The molecule has 0 fully saturated rings. The fourth-order valence-corrected chi connectivity index (χ4v) is 2.06. The maximum Gasteiger partial charge on any atom is 0.366 e. The summed E-state index contributed by atoms with van der Waals surface area (Å²) >= 11 is 0. The Balaban J connectivity index is 2.60. The van der Waals surface area contributed by atoms with Gasteiger partial charge in [0.25, 0.3) is 11.7 Å². The number of ether oxygens (including phenoxy) is 1. The second-order valence-electron chi connectivity index (χ2n) is 4.42. The summed E-state index contributed by atoms with van der Waals surface area (Å²) in [5.74, 6) is -2.38. The summed E-state index contributed by atoms with van der Waals surface area (Å²) < 4.78 is 5.11. The highest BCUT2D eigenvalue weighted by molar-refractivity contribution is 6.14. The van der Waals surface area contributed by atoms with Crippen molar-refractivity contribution in [1.29, 1.82) is 0 Å². The first-order valence-electron chi connectivity index (χ1n) is 5.94. The zero-order chi connectivity index (χ0) is 15.7. The number of nitrogens with zero attached hydrogens (tertiary/aromatic N) is 3. The third-order valence-electron chi connectivity index (χ3n) is 2.89. The molecule has 1 aliphatic heterocycles. The van der Waals surface area contributed by atoms with Crippen molar-refractivity contribution in [3.8, 4) is 5.75 Å². The fourth-order valence-electron chi connectivity index (χ4n) is 2.06. The average molecular weight is 293 g/mol. The number of hydrogen-bond donors (Lipinski definition) is 0. The first-order valence-corrected chi connectivity index (χ1v) is 5.94. The van der Waals surface area contributed by atoms with Gasteiger partial charge in [0.15, 0.2) is 30.0 Å². The van der Waals surface area contributed by atoms with Crippen LogP contribution in [0, 0.1) is 10.1 Å². The normalized spacial score (nSPS) is 13.7. The topological polar surface area (TPSA) is 120 Å². The van der Waals surface area contributed by atoms with Crippen LogP contribution in [-0.2, 0) is 14.4 Å². The maximum absolute atomic E-state index is 12.0. The molecule has 1 aliphatic rings. The summed E-state index contributed by atoms with van der Waals surface area (Å²) in [4.78, 5) is 49.9. The standard InChI is InChI=1S/C12H11N3O6/c1-6(16)11(7(2)17)14-10(18)5-21-8-3-4-9(15(19)20)13-12(8)14/h3-4,11H,5H2,1-2H3. The van der Waals surface area contributed by atoms with E-state index >= 15 is 0 Å². The number of ketones is 2. The summed E-state index contributed by atoms with van der Waals surface area (Å²) in [6, 6.07) is 1.02. The molecule has 0 bridgehead atoms. The van der Waals surface area contributed by atoms with Gasteiger partial charge in [-0.1, -0.05) is 0 Å². The van der Waals surface area contributed by atoms with Gasteiger partial charge in [-0.2, -0.15) is 0 Å². The molecule has 0 N–H and O–H groups in total. The van der Waals surface area contributed by atoms with Crippen LogP contribution in [0.4, 0.5) is 11.6 Å². The number of pyridine rings is 1. The van der Waals surface area contributed by atoms with Crippen molar-refractivity contribution in [3.05, 3.63) is 22.2 Å². The van der Waals surface area contributed by atoms with Crippen LogP contribution in [0.5, 0.6) is 5.75 Å². The minimum Gasteiger partial charge on any atom is -0.477 e. The highest BCUT2D eigenvalue weighted by atomic mass is 16.6. The molecule has 9 heteroatoms. The molecular formula is C12H11N3O6. The molecule has 0 radical (unpaired) electrons. The van der Waals surface area contributed by atoms with Gasteiger partial charge in [0.2, 0.25) is 0 Å². The summed E-state index contributed by atoms with van der Waals surface area (Å²) in [5.41, 5.74) is 0. The molecule has 0 saturated carbocycles. The molecule has 1 amide bonds. The summed E-state index contributed by atoms with van der Waals surface area (Å²) in [6.45, 7) is 1.95. The largest absolute Gasteiger partial charge is 0.477 e. The fraction of sp³-hybridized carbons (Fsp3) is 0.333. The van der Waals surface area contributed by atoms with Gasteiger partial charge in [-0.25, -0.2) is 0 Å². The van der Waals surface area contributed by atoms with Gasteiger partial charge < -0.3 is 14.9 Å². The molecule has 1 aromatic rings. The van der Waals surface area contributed by atoms with Gasteiger partial charge in [-0.15, -0.1) is 0 Å². The van der Waals surface area contributed by atoms with Crippen LogP contribution in [-0.4, -0.2) is 40.0 Å². The lowest BCUT2D eigenvalue weighted by molar-refractivity contribution is -0.389. The van der Waals surface area contributed by atoms with Crippen molar-refractivity contribution < 1.29 is 24.0 Å². The van der Waals surface area contributed by atoms with Crippen molar-refractivity contribution in [3.63, 3.8) is 0 Å². The minimum absolute atomic E-state index is 0.104. The number of amides is 1. The predicted molar refractivity (Wildman–Crippen MR) is 69.0 cm³/mol. The SMILES string of the molecule is CC(=O)C(C(C)=O)N1C(=O)COc2ccc([N+](=O)[O-])nc21. The first-order chi connectivity index (χ1) is 9.82. The van der Waals surface area contributed by atoms with Crippen LogP contribution in [0.25, 0.3) is 0 Å². The first kappa shape index (κ1) is 14.6. The Bertz CT molecular complexity index is 642. The highest BCUT2D eigenvalue weighted by Gasteiger charge is 2.41. The number of hydrogen-bond acceptors (Lipinski definition) is 7. The molecular weight excluding hydrogens is 282 g/mol. The summed E-state index contributed by atoms with van der Waals surface area (Å²) in [6.07, 6.45) is 0. The van der Waals surface area contributed by atoms with Crippen molar-refractivity contribution in [1.82, 2.24) is 4.98 Å².